The minimum absolute atomic E-state index is 0.136. The van der Waals surface area contributed by atoms with Gasteiger partial charge in [-0.3, -0.25) is 9.89 Å². The second kappa shape index (κ2) is 8.07. The van der Waals surface area contributed by atoms with Crippen LogP contribution in [0.3, 0.4) is 0 Å². The summed E-state index contributed by atoms with van der Waals surface area (Å²) in [7, 11) is 0. The third-order valence-corrected chi connectivity index (χ3v) is 4.20. The number of aromatic nitrogens is 3. The summed E-state index contributed by atoms with van der Waals surface area (Å²) in [4.78, 5) is 12.0. The average Bonchev–Trinajstić information content (AvgIpc) is 2.65. The zero-order valence-electron chi connectivity index (χ0n) is 13.8. The second-order valence-corrected chi connectivity index (χ2v) is 6.22. The minimum atomic E-state index is -0.357. The molecule has 0 unspecified atom stereocenters. The molecule has 3 aromatic rings. The van der Waals surface area contributed by atoms with Gasteiger partial charge in [0.1, 0.15) is 18.1 Å². The van der Waals surface area contributed by atoms with Crippen molar-refractivity contribution in [1.82, 2.24) is 14.9 Å². The number of hydrogen-bond donors (Lipinski definition) is 1. The Kier molecular flexibility index (Phi) is 5.60. The van der Waals surface area contributed by atoms with Crippen molar-refractivity contribution < 1.29 is 4.74 Å². The quantitative estimate of drug-likeness (QED) is 0.535. The van der Waals surface area contributed by atoms with Gasteiger partial charge in [-0.15, -0.1) is 0 Å². The summed E-state index contributed by atoms with van der Waals surface area (Å²) in [5.74, 6) is 0.705. The Morgan fingerprint density at radius 2 is 2.00 bits per heavy atom. The van der Waals surface area contributed by atoms with Crippen LogP contribution >= 0.6 is 23.8 Å². The number of hydrogen-bond acceptors (Lipinski definition) is 5. The molecule has 0 spiro atoms. The van der Waals surface area contributed by atoms with E-state index in [0.717, 1.165) is 15.8 Å². The van der Waals surface area contributed by atoms with Crippen molar-refractivity contribution in [1.29, 1.82) is 0 Å². The van der Waals surface area contributed by atoms with Gasteiger partial charge in [-0.25, -0.2) is 0 Å². The number of nitrogens with one attached hydrogen (secondary N) is 1. The van der Waals surface area contributed by atoms with Crippen molar-refractivity contribution in [3.05, 3.63) is 85.5 Å². The first-order valence-corrected chi connectivity index (χ1v) is 8.52. The Hall–Kier alpha value is -2.77. The summed E-state index contributed by atoms with van der Waals surface area (Å²) in [6.45, 7) is 1.97. The van der Waals surface area contributed by atoms with E-state index < -0.39 is 0 Å². The van der Waals surface area contributed by atoms with Gasteiger partial charge in [-0.05, 0) is 55.0 Å². The monoisotopic (exact) mass is 386 g/mol. The Morgan fingerprint density at radius 1 is 1.27 bits per heavy atom. The first kappa shape index (κ1) is 18.0. The maximum absolute atomic E-state index is 12.0. The van der Waals surface area contributed by atoms with Gasteiger partial charge in [0.2, 0.25) is 4.77 Å². The Balaban J connectivity index is 1.70. The molecule has 0 atom stereocenters. The lowest BCUT2D eigenvalue weighted by molar-refractivity contribution is 0.306. The van der Waals surface area contributed by atoms with Crippen molar-refractivity contribution in [3.8, 4) is 5.75 Å². The molecule has 1 heterocycles. The molecule has 1 aromatic heterocycles. The van der Waals surface area contributed by atoms with Crippen LogP contribution in [-0.4, -0.2) is 21.1 Å². The first-order chi connectivity index (χ1) is 12.5. The molecule has 0 saturated heterocycles. The van der Waals surface area contributed by atoms with Crippen LogP contribution in [0.2, 0.25) is 5.02 Å². The van der Waals surface area contributed by atoms with E-state index in [1.54, 1.807) is 13.1 Å². The van der Waals surface area contributed by atoms with E-state index in [9.17, 15) is 4.79 Å². The Morgan fingerprint density at radius 3 is 2.73 bits per heavy atom. The van der Waals surface area contributed by atoms with E-state index in [1.165, 1.54) is 0 Å². The zero-order valence-corrected chi connectivity index (χ0v) is 15.4. The van der Waals surface area contributed by atoms with Crippen molar-refractivity contribution in [2.24, 2.45) is 5.10 Å². The van der Waals surface area contributed by atoms with Crippen LogP contribution in [0.15, 0.2) is 58.4 Å². The maximum atomic E-state index is 12.0. The molecular formula is C18H15ClN4O2S. The van der Waals surface area contributed by atoms with Crippen LogP contribution in [-0.2, 0) is 6.61 Å². The number of halogens is 1. The highest BCUT2D eigenvalue weighted by Gasteiger charge is 2.02. The third-order valence-electron chi connectivity index (χ3n) is 3.57. The molecule has 1 N–H and O–H groups in total. The number of aryl methyl sites for hydroxylation is 1. The topological polar surface area (TPSA) is 72.3 Å². The number of nitrogens with zero attached hydrogens (tertiary/aromatic N) is 3. The third kappa shape index (κ3) is 4.25. The van der Waals surface area contributed by atoms with E-state index in [2.05, 4.69) is 15.3 Å². The standard InChI is InChI=1S/C18H15ClN4O2S/c1-12-17(24)23(18(26)22-21-12)20-10-13-6-8-15(9-7-13)25-11-14-4-2-3-5-16(14)19/h2-10H,11H2,1H3,(H,22,26)/b20-10+. The Bertz CT molecular complexity index is 1060. The van der Waals surface area contributed by atoms with Gasteiger partial charge >= 0.3 is 0 Å². The van der Waals surface area contributed by atoms with Gasteiger partial charge in [0, 0.05) is 10.6 Å². The molecule has 3 rings (SSSR count). The lowest BCUT2D eigenvalue weighted by atomic mass is 10.2. The zero-order chi connectivity index (χ0) is 18.5. The molecule has 8 heteroatoms. The summed E-state index contributed by atoms with van der Waals surface area (Å²) < 4.78 is 6.96. The number of benzene rings is 2. The molecule has 2 aromatic carbocycles. The highest BCUT2D eigenvalue weighted by Crippen LogP contribution is 2.18. The molecule has 0 saturated carbocycles. The fourth-order valence-corrected chi connectivity index (χ4v) is 2.49. The summed E-state index contributed by atoms with van der Waals surface area (Å²) in [6.07, 6.45) is 1.54. The van der Waals surface area contributed by atoms with Gasteiger partial charge < -0.3 is 4.74 Å². The van der Waals surface area contributed by atoms with Crippen molar-refractivity contribution >= 4 is 30.0 Å². The van der Waals surface area contributed by atoms with Gasteiger partial charge in [-0.2, -0.15) is 14.9 Å². The molecule has 0 amide bonds. The molecule has 132 valence electrons. The summed E-state index contributed by atoms with van der Waals surface area (Å²) in [6, 6.07) is 14.8. The van der Waals surface area contributed by atoms with Crippen LogP contribution in [0.4, 0.5) is 0 Å². The summed E-state index contributed by atoms with van der Waals surface area (Å²) in [5, 5.41) is 11.2. The van der Waals surface area contributed by atoms with Gasteiger partial charge in [0.25, 0.3) is 5.56 Å². The molecule has 0 bridgehead atoms. The second-order valence-electron chi connectivity index (χ2n) is 5.42. The highest BCUT2D eigenvalue weighted by atomic mass is 35.5. The molecule has 0 aliphatic rings. The predicted molar refractivity (Wildman–Crippen MR) is 104 cm³/mol. The fourth-order valence-electron chi connectivity index (χ4n) is 2.13. The van der Waals surface area contributed by atoms with Crippen LogP contribution in [0.25, 0.3) is 0 Å². The SMILES string of the molecule is Cc1n[nH]c(=S)n(/N=C/c2ccc(OCc3ccccc3Cl)cc2)c1=O. The number of aromatic amines is 1. The highest BCUT2D eigenvalue weighted by molar-refractivity contribution is 7.71. The molecule has 6 nitrogen and oxygen atoms in total. The fraction of sp³-hybridized carbons (Fsp3) is 0.111. The predicted octanol–water partition coefficient (Wildman–Crippen LogP) is 3.72. The molecule has 0 aliphatic carbocycles. The lowest BCUT2D eigenvalue weighted by Gasteiger charge is -2.07. The Labute approximate surface area is 159 Å². The van der Waals surface area contributed by atoms with Crippen molar-refractivity contribution in [2.75, 3.05) is 0 Å². The maximum Gasteiger partial charge on any atom is 0.296 e. The number of rotatable bonds is 5. The number of ether oxygens (including phenoxy) is 1. The van der Waals surface area contributed by atoms with Crippen LogP contribution in [0.5, 0.6) is 5.75 Å². The van der Waals surface area contributed by atoms with Gasteiger partial charge in [-0.1, -0.05) is 29.8 Å². The number of H-pyrrole nitrogens is 1. The normalized spacial score (nSPS) is 11.0. The van der Waals surface area contributed by atoms with E-state index in [4.69, 9.17) is 28.6 Å². The van der Waals surface area contributed by atoms with Crippen LogP contribution in [0.1, 0.15) is 16.8 Å². The van der Waals surface area contributed by atoms with E-state index in [0.29, 0.717) is 23.1 Å². The van der Waals surface area contributed by atoms with Crippen molar-refractivity contribution in [3.63, 3.8) is 0 Å². The molecule has 0 radical (unpaired) electrons. The van der Waals surface area contributed by atoms with Crippen LogP contribution < -0.4 is 10.3 Å². The van der Waals surface area contributed by atoms with Gasteiger partial charge in [0.15, 0.2) is 0 Å². The molecule has 26 heavy (non-hydrogen) atoms. The molecule has 0 fully saturated rings. The first-order valence-electron chi connectivity index (χ1n) is 7.73. The largest absolute Gasteiger partial charge is 0.489 e. The van der Waals surface area contributed by atoms with E-state index in [-0.39, 0.29) is 10.3 Å². The van der Waals surface area contributed by atoms with Gasteiger partial charge in [0.05, 0.1) is 6.21 Å². The van der Waals surface area contributed by atoms with E-state index >= 15 is 0 Å². The summed E-state index contributed by atoms with van der Waals surface area (Å²) >= 11 is 11.1. The van der Waals surface area contributed by atoms with Crippen LogP contribution in [0, 0.1) is 11.7 Å². The van der Waals surface area contributed by atoms with Crippen molar-refractivity contribution in [2.45, 2.75) is 13.5 Å². The lowest BCUT2D eigenvalue weighted by Crippen LogP contribution is -2.22. The summed E-state index contributed by atoms with van der Waals surface area (Å²) in [5.41, 5.74) is 1.65. The average molecular weight is 387 g/mol. The van der Waals surface area contributed by atoms with E-state index in [1.807, 2.05) is 48.5 Å². The minimum Gasteiger partial charge on any atom is -0.489 e. The smallest absolute Gasteiger partial charge is 0.296 e. The molecular weight excluding hydrogens is 372 g/mol. The molecule has 0 aliphatic heterocycles.